The zero-order valence-corrected chi connectivity index (χ0v) is 15.8. The average Bonchev–Trinajstić information content (AvgIpc) is 2.96. The monoisotopic (exact) mass is 384 g/mol. The molecule has 4 rings (SSSR count). The van der Waals surface area contributed by atoms with Crippen LogP contribution in [0.3, 0.4) is 0 Å². The standard InChI is InChI=1S/C21H24N2O5/c24-18(22-11-5-7-14-6-1-4-10-17(14)22)13-28-19(25)12-23-20(26)15-8-2-3-9-16(15)21(23)27/h1,4,6,10,15-16H,2-3,5,7-9,11-13H2. The lowest BCUT2D eigenvalue weighted by molar-refractivity contribution is -0.154. The third-order valence-electron chi connectivity index (χ3n) is 5.99. The number of esters is 1. The maximum absolute atomic E-state index is 12.5. The second-order valence-corrected chi connectivity index (χ2v) is 7.70. The molecule has 0 N–H and O–H groups in total. The second-order valence-electron chi connectivity index (χ2n) is 7.70. The number of hydrogen-bond donors (Lipinski definition) is 0. The molecule has 148 valence electrons. The van der Waals surface area contributed by atoms with Crippen molar-refractivity contribution in [1.29, 1.82) is 0 Å². The van der Waals surface area contributed by atoms with Gasteiger partial charge in [0, 0.05) is 12.2 Å². The molecule has 7 heteroatoms. The van der Waals surface area contributed by atoms with Crippen LogP contribution in [0.2, 0.25) is 0 Å². The van der Waals surface area contributed by atoms with Crippen LogP contribution in [0.5, 0.6) is 0 Å². The first-order chi connectivity index (χ1) is 13.6. The molecule has 0 radical (unpaired) electrons. The van der Waals surface area contributed by atoms with Gasteiger partial charge in [0.1, 0.15) is 6.54 Å². The topological polar surface area (TPSA) is 84.0 Å². The van der Waals surface area contributed by atoms with Crippen LogP contribution in [-0.4, -0.2) is 48.3 Å². The van der Waals surface area contributed by atoms with E-state index in [0.29, 0.717) is 19.4 Å². The number of para-hydroxylation sites is 1. The quantitative estimate of drug-likeness (QED) is 0.583. The maximum Gasteiger partial charge on any atom is 0.326 e. The number of imide groups is 1. The van der Waals surface area contributed by atoms with Crippen molar-refractivity contribution in [2.75, 3.05) is 24.6 Å². The van der Waals surface area contributed by atoms with Crippen molar-refractivity contribution >= 4 is 29.4 Å². The zero-order valence-electron chi connectivity index (χ0n) is 15.8. The fourth-order valence-electron chi connectivity index (χ4n) is 4.57. The molecular weight excluding hydrogens is 360 g/mol. The molecule has 2 unspecified atom stereocenters. The summed E-state index contributed by atoms with van der Waals surface area (Å²) in [5.41, 5.74) is 1.95. The summed E-state index contributed by atoms with van der Waals surface area (Å²) in [4.78, 5) is 52.2. The summed E-state index contributed by atoms with van der Waals surface area (Å²) >= 11 is 0. The Bertz CT molecular complexity index is 797. The largest absolute Gasteiger partial charge is 0.454 e. The van der Waals surface area contributed by atoms with Gasteiger partial charge in [0.25, 0.3) is 5.91 Å². The Morgan fingerprint density at radius 1 is 1.00 bits per heavy atom. The van der Waals surface area contributed by atoms with E-state index < -0.39 is 19.1 Å². The highest BCUT2D eigenvalue weighted by Crippen LogP contribution is 2.37. The summed E-state index contributed by atoms with van der Waals surface area (Å²) in [6.45, 7) is -0.218. The number of benzene rings is 1. The molecule has 7 nitrogen and oxygen atoms in total. The molecule has 1 aromatic rings. The molecule has 2 atom stereocenters. The van der Waals surface area contributed by atoms with Crippen LogP contribution < -0.4 is 4.90 Å². The van der Waals surface area contributed by atoms with E-state index in [0.717, 1.165) is 41.8 Å². The number of carbonyl (C=O) groups excluding carboxylic acids is 4. The number of ether oxygens (including phenoxy) is 1. The smallest absolute Gasteiger partial charge is 0.326 e. The second kappa shape index (κ2) is 7.73. The van der Waals surface area contributed by atoms with E-state index in [4.69, 9.17) is 4.74 Å². The molecule has 0 spiro atoms. The Labute approximate surface area is 163 Å². The highest BCUT2D eigenvalue weighted by atomic mass is 16.5. The fraction of sp³-hybridized carbons (Fsp3) is 0.524. The summed E-state index contributed by atoms with van der Waals surface area (Å²) in [7, 11) is 0. The van der Waals surface area contributed by atoms with E-state index in [1.165, 1.54) is 0 Å². The number of amides is 3. The number of hydrogen-bond acceptors (Lipinski definition) is 5. The van der Waals surface area contributed by atoms with Gasteiger partial charge in [0.15, 0.2) is 6.61 Å². The first kappa shape index (κ1) is 18.7. The predicted octanol–water partition coefficient (Wildman–Crippen LogP) is 1.68. The van der Waals surface area contributed by atoms with Crippen molar-refractivity contribution in [3.8, 4) is 0 Å². The number of likely N-dealkylation sites (tertiary alicyclic amines) is 1. The van der Waals surface area contributed by atoms with Gasteiger partial charge in [-0.15, -0.1) is 0 Å². The van der Waals surface area contributed by atoms with Gasteiger partial charge in [0.2, 0.25) is 11.8 Å². The molecule has 0 bridgehead atoms. The lowest BCUT2D eigenvalue weighted by Crippen LogP contribution is -2.40. The average molecular weight is 384 g/mol. The first-order valence-electron chi connectivity index (χ1n) is 9.95. The number of rotatable bonds is 4. The van der Waals surface area contributed by atoms with E-state index in [9.17, 15) is 19.2 Å². The predicted molar refractivity (Wildman–Crippen MR) is 100 cm³/mol. The Kier molecular flexibility index (Phi) is 5.15. The summed E-state index contributed by atoms with van der Waals surface area (Å²) in [6.07, 6.45) is 5.05. The van der Waals surface area contributed by atoms with E-state index in [-0.39, 0.29) is 29.6 Å². The molecule has 2 aliphatic heterocycles. The molecule has 2 fully saturated rings. The third-order valence-corrected chi connectivity index (χ3v) is 5.99. The van der Waals surface area contributed by atoms with Gasteiger partial charge < -0.3 is 9.64 Å². The number of aryl methyl sites for hydroxylation is 1. The number of nitrogens with zero attached hydrogens (tertiary/aromatic N) is 2. The van der Waals surface area contributed by atoms with E-state index in [1.54, 1.807) is 4.90 Å². The lowest BCUT2D eigenvalue weighted by Gasteiger charge is -2.29. The molecule has 1 aromatic carbocycles. The van der Waals surface area contributed by atoms with Crippen LogP contribution in [0.1, 0.15) is 37.7 Å². The van der Waals surface area contributed by atoms with E-state index in [1.807, 2.05) is 24.3 Å². The van der Waals surface area contributed by atoms with Crippen LogP contribution in [0.15, 0.2) is 24.3 Å². The maximum atomic E-state index is 12.5. The normalized spacial score (nSPS) is 24.0. The van der Waals surface area contributed by atoms with Gasteiger partial charge in [0.05, 0.1) is 11.8 Å². The number of carbonyl (C=O) groups is 4. The van der Waals surface area contributed by atoms with Gasteiger partial charge in [-0.05, 0) is 37.3 Å². The van der Waals surface area contributed by atoms with E-state index in [2.05, 4.69) is 0 Å². The van der Waals surface area contributed by atoms with E-state index >= 15 is 0 Å². The summed E-state index contributed by atoms with van der Waals surface area (Å²) < 4.78 is 5.11. The Morgan fingerprint density at radius 3 is 2.39 bits per heavy atom. The third kappa shape index (κ3) is 3.41. The number of fused-ring (bicyclic) bond motifs is 2. The van der Waals surface area contributed by atoms with Crippen LogP contribution in [0.4, 0.5) is 5.69 Å². The van der Waals surface area contributed by atoms with Crippen molar-refractivity contribution in [1.82, 2.24) is 4.90 Å². The fourth-order valence-corrected chi connectivity index (χ4v) is 4.57. The highest BCUT2D eigenvalue weighted by molar-refractivity contribution is 6.07. The zero-order chi connectivity index (χ0) is 19.7. The van der Waals surface area contributed by atoms with Crippen LogP contribution >= 0.6 is 0 Å². The van der Waals surface area contributed by atoms with Crippen molar-refractivity contribution in [2.24, 2.45) is 11.8 Å². The first-order valence-corrected chi connectivity index (χ1v) is 9.95. The minimum absolute atomic E-state index is 0.275. The van der Waals surface area contributed by atoms with Crippen molar-refractivity contribution in [3.63, 3.8) is 0 Å². The molecule has 2 heterocycles. The molecule has 0 aromatic heterocycles. The van der Waals surface area contributed by atoms with Gasteiger partial charge in [-0.3, -0.25) is 24.1 Å². The molecular formula is C21H24N2O5. The van der Waals surface area contributed by atoms with Crippen LogP contribution in [0.25, 0.3) is 0 Å². The highest BCUT2D eigenvalue weighted by Gasteiger charge is 2.48. The summed E-state index contributed by atoms with van der Waals surface area (Å²) in [6, 6.07) is 7.69. The lowest BCUT2D eigenvalue weighted by atomic mass is 9.81. The van der Waals surface area contributed by atoms with Gasteiger partial charge in [-0.1, -0.05) is 31.0 Å². The Hall–Kier alpha value is -2.70. The van der Waals surface area contributed by atoms with Gasteiger partial charge in [-0.2, -0.15) is 0 Å². The van der Waals surface area contributed by atoms with Crippen LogP contribution in [-0.2, 0) is 30.3 Å². The number of anilines is 1. The molecule has 1 aliphatic carbocycles. The molecule has 1 saturated carbocycles. The molecule has 3 amide bonds. The Morgan fingerprint density at radius 2 is 1.68 bits per heavy atom. The van der Waals surface area contributed by atoms with Crippen molar-refractivity contribution < 1.29 is 23.9 Å². The van der Waals surface area contributed by atoms with Crippen LogP contribution in [0, 0.1) is 11.8 Å². The Balaban J connectivity index is 1.33. The van der Waals surface area contributed by atoms with Gasteiger partial charge >= 0.3 is 5.97 Å². The molecule has 28 heavy (non-hydrogen) atoms. The summed E-state index contributed by atoms with van der Waals surface area (Å²) in [5, 5.41) is 0. The summed E-state index contributed by atoms with van der Waals surface area (Å²) in [5.74, 6) is -2.15. The molecule has 3 aliphatic rings. The minimum Gasteiger partial charge on any atom is -0.454 e. The minimum atomic E-state index is -0.723. The van der Waals surface area contributed by atoms with Crippen molar-refractivity contribution in [3.05, 3.63) is 29.8 Å². The SMILES string of the molecule is O=C(CN1C(=O)C2CCCCC2C1=O)OCC(=O)N1CCCc2ccccc21. The van der Waals surface area contributed by atoms with Crippen molar-refractivity contribution in [2.45, 2.75) is 38.5 Å². The molecule has 1 saturated heterocycles. The van der Waals surface area contributed by atoms with Gasteiger partial charge in [-0.25, -0.2) is 0 Å².